The van der Waals surface area contributed by atoms with E-state index in [1.807, 2.05) is 0 Å². The number of unbranched alkanes of at least 4 members (excludes halogenated alkanes) is 11. The third kappa shape index (κ3) is 17.0. The van der Waals surface area contributed by atoms with Crippen LogP contribution in [0.15, 0.2) is 30.3 Å². The molecule has 1 nitrogen and oxygen atoms in total. The first kappa shape index (κ1) is 24.2. The van der Waals surface area contributed by atoms with Crippen LogP contribution >= 0.6 is 0 Å². The normalized spacial score (nSPS) is 11.4. The molecule has 0 saturated heterocycles. The van der Waals surface area contributed by atoms with Gasteiger partial charge in [-0.1, -0.05) is 108 Å². The van der Waals surface area contributed by atoms with E-state index in [9.17, 15) is 0 Å². The summed E-state index contributed by atoms with van der Waals surface area (Å²) in [4.78, 5) is 0. The van der Waals surface area contributed by atoms with Crippen molar-refractivity contribution in [2.45, 2.75) is 110 Å². The number of ether oxygens (including phenoxy) is 1. The van der Waals surface area contributed by atoms with Gasteiger partial charge in [0.05, 0.1) is 0 Å². The third-order valence-electron chi connectivity index (χ3n) is 5.42. The van der Waals surface area contributed by atoms with E-state index < -0.39 is 0 Å². The average molecular weight is 375 g/mol. The van der Waals surface area contributed by atoms with Crippen LogP contribution in [-0.4, -0.2) is 13.2 Å². The van der Waals surface area contributed by atoms with Crippen molar-refractivity contribution in [3.63, 3.8) is 0 Å². The van der Waals surface area contributed by atoms with Crippen molar-refractivity contribution in [3.05, 3.63) is 35.9 Å². The highest BCUT2D eigenvalue weighted by Gasteiger charge is 1.96. The average Bonchev–Trinajstić information content (AvgIpc) is 2.67. The summed E-state index contributed by atoms with van der Waals surface area (Å²) in [6.45, 7) is 6.51. The maximum Gasteiger partial charge on any atom is 0.0466 e. The van der Waals surface area contributed by atoms with Gasteiger partial charge in [-0.05, 0) is 43.6 Å². The molecule has 0 amide bonds. The first-order valence-corrected chi connectivity index (χ1v) is 11.9. The zero-order valence-electron chi connectivity index (χ0n) is 18.4. The maximum atomic E-state index is 5.71. The van der Waals surface area contributed by atoms with E-state index in [1.54, 1.807) is 0 Å². The van der Waals surface area contributed by atoms with Gasteiger partial charge in [-0.3, -0.25) is 0 Å². The molecule has 0 aliphatic rings. The van der Waals surface area contributed by atoms with E-state index in [0.29, 0.717) is 0 Å². The molecule has 0 bridgehead atoms. The second kappa shape index (κ2) is 18.5. The van der Waals surface area contributed by atoms with Crippen molar-refractivity contribution in [1.29, 1.82) is 0 Å². The second-order valence-electron chi connectivity index (χ2n) is 8.63. The lowest BCUT2D eigenvalue weighted by Gasteiger charge is -2.06. The molecule has 0 fully saturated rings. The van der Waals surface area contributed by atoms with Gasteiger partial charge in [-0.2, -0.15) is 0 Å². The standard InChI is InChI=1S/C26H46O/c1-25(2)19-18-24-27-23-17-12-10-8-6-4-3-5-7-9-11-14-20-26-21-15-13-16-22-26/h13,15-16,21-22,25H,3-12,14,17-20,23-24H2,1-2H3. The second-order valence-corrected chi connectivity index (χ2v) is 8.63. The summed E-state index contributed by atoms with van der Waals surface area (Å²) in [6, 6.07) is 10.9. The minimum Gasteiger partial charge on any atom is -0.381 e. The fourth-order valence-electron chi connectivity index (χ4n) is 3.64. The lowest BCUT2D eigenvalue weighted by Crippen LogP contribution is -1.99. The molecule has 0 N–H and O–H groups in total. The lowest BCUT2D eigenvalue weighted by molar-refractivity contribution is 0.124. The summed E-state index contributed by atoms with van der Waals surface area (Å²) in [7, 11) is 0. The van der Waals surface area contributed by atoms with Crippen molar-refractivity contribution in [2.24, 2.45) is 5.92 Å². The molecular formula is C26H46O. The fraction of sp³-hybridized carbons (Fsp3) is 0.769. The summed E-state index contributed by atoms with van der Waals surface area (Å²) in [5, 5.41) is 0. The maximum absolute atomic E-state index is 5.71. The van der Waals surface area contributed by atoms with Crippen LogP contribution in [0.4, 0.5) is 0 Å². The molecule has 27 heavy (non-hydrogen) atoms. The van der Waals surface area contributed by atoms with Gasteiger partial charge in [0.2, 0.25) is 0 Å². The number of hydrogen-bond acceptors (Lipinski definition) is 1. The third-order valence-corrected chi connectivity index (χ3v) is 5.42. The summed E-state index contributed by atoms with van der Waals surface area (Å²) in [5.41, 5.74) is 1.50. The van der Waals surface area contributed by atoms with Gasteiger partial charge in [0, 0.05) is 13.2 Å². The highest BCUT2D eigenvalue weighted by Crippen LogP contribution is 2.13. The zero-order valence-corrected chi connectivity index (χ0v) is 18.4. The zero-order chi connectivity index (χ0) is 19.4. The van der Waals surface area contributed by atoms with E-state index in [2.05, 4.69) is 44.2 Å². The van der Waals surface area contributed by atoms with Crippen molar-refractivity contribution in [3.8, 4) is 0 Å². The molecule has 0 aliphatic heterocycles. The monoisotopic (exact) mass is 374 g/mol. The summed E-state index contributed by atoms with van der Waals surface area (Å²) < 4.78 is 5.71. The van der Waals surface area contributed by atoms with Gasteiger partial charge in [-0.25, -0.2) is 0 Å². The molecule has 0 atom stereocenters. The smallest absolute Gasteiger partial charge is 0.0466 e. The van der Waals surface area contributed by atoms with Crippen molar-refractivity contribution >= 4 is 0 Å². The summed E-state index contributed by atoms with van der Waals surface area (Å²) in [6.07, 6.45) is 20.6. The van der Waals surface area contributed by atoms with Crippen LogP contribution in [0.25, 0.3) is 0 Å². The van der Waals surface area contributed by atoms with Crippen LogP contribution in [0, 0.1) is 5.92 Å². The van der Waals surface area contributed by atoms with Crippen molar-refractivity contribution in [1.82, 2.24) is 0 Å². The topological polar surface area (TPSA) is 9.23 Å². The van der Waals surface area contributed by atoms with Crippen LogP contribution < -0.4 is 0 Å². The number of hydrogen-bond donors (Lipinski definition) is 0. The van der Waals surface area contributed by atoms with Gasteiger partial charge < -0.3 is 4.74 Å². The Kier molecular flexibility index (Phi) is 16.6. The van der Waals surface area contributed by atoms with Gasteiger partial charge in [-0.15, -0.1) is 0 Å². The molecule has 0 aliphatic carbocycles. The molecule has 1 aromatic carbocycles. The predicted molar refractivity (Wildman–Crippen MR) is 120 cm³/mol. The van der Waals surface area contributed by atoms with Crippen LogP contribution in [0.1, 0.15) is 109 Å². The van der Waals surface area contributed by atoms with E-state index in [1.165, 1.54) is 102 Å². The highest BCUT2D eigenvalue weighted by atomic mass is 16.5. The minimum absolute atomic E-state index is 0.813. The molecule has 1 aromatic rings. The van der Waals surface area contributed by atoms with E-state index in [0.717, 1.165) is 19.1 Å². The van der Waals surface area contributed by atoms with Crippen molar-refractivity contribution in [2.75, 3.05) is 13.2 Å². The lowest BCUT2D eigenvalue weighted by atomic mass is 10.0. The molecule has 0 aromatic heterocycles. The largest absolute Gasteiger partial charge is 0.381 e. The summed E-state index contributed by atoms with van der Waals surface area (Å²) in [5.74, 6) is 0.813. The quantitative estimate of drug-likeness (QED) is 0.221. The number of rotatable bonds is 19. The molecule has 0 heterocycles. The SMILES string of the molecule is CC(C)CCCOCCCCCCCCCCCCCCc1ccccc1. The number of benzene rings is 1. The first-order chi connectivity index (χ1) is 13.3. The van der Waals surface area contributed by atoms with E-state index in [-0.39, 0.29) is 0 Å². The Morgan fingerprint density at radius 2 is 1.07 bits per heavy atom. The molecular weight excluding hydrogens is 328 g/mol. The summed E-state index contributed by atoms with van der Waals surface area (Å²) >= 11 is 0. The molecule has 0 spiro atoms. The van der Waals surface area contributed by atoms with Crippen LogP contribution in [0.2, 0.25) is 0 Å². The Hall–Kier alpha value is -0.820. The molecule has 156 valence electrons. The molecule has 1 rings (SSSR count). The Morgan fingerprint density at radius 1 is 0.593 bits per heavy atom. The predicted octanol–water partition coefficient (Wildman–Crippen LogP) is 8.36. The molecule has 0 unspecified atom stereocenters. The van der Waals surface area contributed by atoms with Crippen LogP contribution in [0.3, 0.4) is 0 Å². The Bertz CT molecular complexity index is 398. The fourth-order valence-corrected chi connectivity index (χ4v) is 3.64. The molecule has 1 heteroatoms. The van der Waals surface area contributed by atoms with Crippen LogP contribution in [0.5, 0.6) is 0 Å². The molecule has 0 radical (unpaired) electrons. The van der Waals surface area contributed by atoms with Gasteiger partial charge >= 0.3 is 0 Å². The number of aryl methyl sites for hydroxylation is 1. The van der Waals surface area contributed by atoms with E-state index in [4.69, 9.17) is 4.74 Å². The first-order valence-electron chi connectivity index (χ1n) is 11.9. The minimum atomic E-state index is 0.813. The Morgan fingerprint density at radius 3 is 1.63 bits per heavy atom. The van der Waals surface area contributed by atoms with Crippen LogP contribution in [-0.2, 0) is 11.2 Å². The van der Waals surface area contributed by atoms with Gasteiger partial charge in [0.25, 0.3) is 0 Å². The Balaban J connectivity index is 1.69. The molecule has 0 saturated carbocycles. The van der Waals surface area contributed by atoms with E-state index >= 15 is 0 Å². The highest BCUT2D eigenvalue weighted by molar-refractivity contribution is 5.14. The van der Waals surface area contributed by atoms with Gasteiger partial charge in [0.1, 0.15) is 0 Å². The Labute approximate surface area is 170 Å². The van der Waals surface area contributed by atoms with Gasteiger partial charge in [0.15, 0.2) is 0 Å². The van der Waals surface area contributed by atoms with Crippen molar-refractivity contribution < 1.29 is 4.74 Å².